The van der Waals surface area contributed by atoms with E-state index in [0.717, 1.165) is 19.4 Å². The lowest BCUT2D eigenvalue weighted by atomic mass is 9.98. The molecule has 0 aromatic heterocycles. The highest BCUT2D eigenvalue weighted by Gasteiger charge is 2.40. The van der Waals surface area contributed by atoms with E-state index in [1.54, 1.807) is 0 Å². The van der Waals surface area contributed by atoms with Crippen molar-refractivity contribution in [1.29, 1.82) is 0 Å². The Balaban J connectivity index is 2.63. The van der Waals surface area contributed by atoms with Gasteiger partial charge in [0, 0.05) is 6.42 Å². The van der Waals surface area contributed by atoms with E-state index in [2.05, 4.69) is 34.6 Å². The van der Waals surface area contributed by atoms with E-state index >= 15 is 0 Å². The molecule has 1 heterocycles. The van der Waals surface area contributed by atoms with Crippen LogP contribution in [0, 0.1) is 0 Å². The molecule has 2 atom stereocenters. The third kappa shape index (κ3) is 3.57. The lowest BCUT2D eigenvalue weighted by Crippen LogP contribution is -2.46. The molecule has 0 saturated carbocycles. The topological polar surface area (TPSA) is 21.8 Å². The molecule has 2 unspecified atom stereocenters. The largest absolute Gasteiger partial charge is 0.412 e. The fourth-order valence-corrected chi connectivity index (χ4v) is 5.62. The molecule has 3 heteroatoms. The van der Waals surface area contributed by atoms with Crippen molar-refractivity contribution >= 4 is 8.32 Å². The summed E-state index contributed by atoms with van der Waals surface area (Å²) >= 11 is 0. The van der Waals surface area contributed by atoms with E-state index in [4.69, 9.17) is 9.16 Å². The van der Waals surface area contributed by atoms with Gasteiger partial charge in [0.05, 0.1) is 18.3 Å². The van der Waals surface area contributed by atoms with Crippen LogP contribution < -0.4 is 0 Å². The molecule has 0 aromatic rings. The number of ether oxygens (including phenoxy) is 1. The summed E-state index contributed by atoms with van der Waals surface area (Å²) in [6, 6.07) is 3.71. The summed E-state index contributed by atoms with van der Waals surface area (Å²) in [4.78, 5) is 0. The molecule has 1 fully saturated rings. The highest BCUT2D eigenvalue weighted by molar-refractivity contribution is 6.73. The maximum absolute atomic E-state index is 6.63. The summed E-state index contributed by atoms with van der Waals surface area (Å²) in [5, 5.41) is 0. The van der Waals surface area contributed by atoms with Gasteiger partial charge in [-0.2, -0.15) is 0 Å². The standard InChI is InChI=1S/C13H28O2Si/c1-6-13(5,10-12-11-14-12)15-16(7-2,8-3)9-4/h12H,6-11H2,1-5H3. The predicted octanol–water partition coefficient (Wildman–Crippen LogP) is 3.97. The predicted molar refractivity (Wildman–Crippen MR) is 71.3 cm³/mol. The molecule has 1 aliphatic heterocycles. The van der Waals surface area contributed by atoms with E-state index < -0.39 is 8.32 Å². The maximum Gasteiger partial charge on any atom is 0.192 e. The summed E-state index contributed by atoms with van der Waals surface area (Å²) in [6.07, 6.45) is 2.65. The first-order valence-electron chi connectivity index (χ1n) is 6.85. The Morgan fingerprint density at radius 1 is 1.19 bits per heavy atom. The molecule has 0 spiro atoms. The van der Waals surface area contributed by atoms with E-state index in [1.165, 1.54) is 18.1 Å². The average molecular weight is 244 g/mol. The zero-order chi connectivity index (χ0) is 12.2. The Bertz CT molecular complexity index is 204. The van der Waals surface area contributed by atoms with Crippen molar-refractivity contribution in [2.45, 2.75) is 77.3 Å². The van der Waals surface area contributed by atoms with Crippen molar-refractivity contribution in [1.82, 2.24) is 0 Å². The first-order valence-corrected chi connectivity index (χ1v) is 9.37. The van der Waals surface area contributed by atoms with Crippen molar-refractivity contribution in [3.63, 3.8) is 0 Å². The van der Waals surface area contributed by atoms with Gasteiger partial charge in [0.1, 0.15) is 0 Å². The fourth-order valence-electron chi connectivity index (χ4n) is 2.41. The minimum absolute atomic E-state index is 0.0510. The second kappa shape index (κ2) is 5.65. The van der Waals surface area contributed by atoms with Gasteiger partial charge in [-0.25, -0.2) is 0 Å². The van der Waals surface area contributed by atoms with Crippen molar-refractivity contribution in [3.8, 4) is 0 Å². The highest BCUT2D eigenvalue weighted by Crippen LogP contribution is 2.35. The minimum atomic E-state index is -1.47. The third-order valence-corrected chi connectivity index (χ3v) is 9.00. The van der Waals surface area contributed by atoms with Gasteiger partial charge in [-0.15, -0.1) is 0 Å². The van der Waals surface area contributed by atoms with Crippen LogP contribution in [-0.2, 0) is 9.16 Å². The van der Waals surface area contributed by atoms with E-state index in [1.807, 2.05) is 0 Å². The van der Waals surface area contributed by atoms with Crippen LogP contribution in [0.4, 0.5) is 0 Å². The van der Waals surface area contributed by atoms with E-state index in [-0.39, 0.29) is 5.60 Å². The van der Waals surface area contributed by atoms with Gasteiger partial charge in [-0.1, -0.05) is 27.7 Å². The van der Waals surface area contributed by atoms with Crippen LogP contribution in [0.15, 0.2) is 0 Å². The fraction of sp³-hybridized carbons (Fsp3) is 1.00. The highest BCUT2D eigenvalue weighted by atomic mass is 28.4. The Kier molecular flexibility index (Phi) is 5.01. The van der Waals surface area contributed by atoms with Crippen LogP contribution in [0.3, 0.4) is 0 Å². The van der Waals surface area contributed by atoms with Gasteiger partial charge >= 0.3 is 0 Å². The Morgan fingerprint density at radius 2 is 1.69 bits per heavy atom. The molecule has 0 radical (unpaired) electrons. The van der Waals surface area contributed by atoms with Crippen molar-refractivity contribution in [2.24, 2.45) is 0 Å². The number of rotatable bonds is 8. The van der Waals surface area contributed by atoms with Crippen LogP contribution in [0.1, 0.15) is 47.5 Å². The van der Waals surface area contributed by atoms with Gasteiger partial charge in [-0.05, 0) is 31.5 Å². The molecule has 0 aliphatic carbocycles. The Morgan fingerprint density at radius 3 is 2.00 bits per heavy atom. The second-order valence-electron chi connectivity index (χ2n) is 5.31. The van der Waals surface area contributed by atoms with Crippen molar-refractivity contribution in [2.75, 3.05) is 6.61 Å². The second-order valence-corrected chi connectivity index (χ2v) is 10.0. The molecule has 1 rings (SSSR count). The number of hydrogen-bond acceptors (Lipinski definition) is 2. The number of epoxide rings is 1. The van der Waals surface area contributed by atoms with E-state index in [9.17, 15) is 0 Å². The van der Waals surface area contributed by atoms with Gasteiger partial charge in [0.25, 0.3) is 0 Å². The van der Waals surface area contributed by atoms with Gasteiger partial charge in [0.15, 0.2) is 8.32 Å². The maximum atomic E-state index is 6.63. The first-order chi connectivity index (χ1) is 7.53. The molecule has 1 saturated heterocycles. The average Bonchev–Trinajstić information content (AvgIpc) is 3.10. The van der Waals surface area contributed by atoms with Gasteiger partial charge in [0.2, 0.25) is 0 Å². The molecule has 0 amide bonds. The molecule has 0 bridgehead atoms. The Hall–Kier alpha value is 0.137. The summed E-state index contributed by atoms with van der Waals surface area (Å²) in [7, 11) is -1.47. The first kappa shape index (κ1) is 14.2. The van der Waals surface area contributed by atoms with Crippen LogP contribution in [0.25, 0.3) is 0 Å². The lowest BCUT2D eigenvalue weighted by molar-refractivity contribution is 0.0539. The van der Waals surface area contributed by atoms with Crippen LogP contribution >= 0.6 is 0 Å². The zero-order valence-corrected chi connectivity index (χ0v) is 12.6. The number of hydrogen-bond donors (Lipinski definition) is 0. The summed E-state index contributed by atoms with van der Waals surface area (Å²) in [6.45, 7) is 12.3. The van der Waals surface area contributed by atoms with Crippen molar-refractivity contribution < 1.29 is 9.16 Å². The van der Waals surface area contributed by atoms with Crippen molar-refractivity contribution in [3.05, 3.63) is 0 Å². The van der Waals surface area contributed by atoms with Crippen LogP contribution in [0.2, 0.25) is 18.1 Å². The Labute approximate surface area is 102 Å². The molecule has 96 valence electrons. The molecule has 16 heavy (non-hydrogen) atoms. The quantitative estimate of drug-likeness (QED) is 0.476. The van der Waals surface area contributed by atoms with E-state index in [0.29, 0.717) is 6.10 Å². The molecule has 2 nitrogen and oxygen atoms in total. The molecular formula is C13H28O2Si. The SMILES string of the molecule is CCC(C)(CC1CO1)O[Si](CC)(CC)CC. The van der Waals surface area contributed by atoms with Gasteiger partial charge in [-0.3, -0.25) is 0 Å². The van der Waals surface area contributed by atoms with Gasteiger partial charge < -0.3 is 9.16 Å². The lowest BCUT2D eigenvalue weighted by Gasteiger charge is -2.40. The summed E-state index contributed by atoms with van der Waals surface area (Å²) < 4.78 is 12.0. The molecule has 0 aromatic carbocycles. The molecule has 0 N–H and O–H groups in total. The molecule has 1 aliphatic rings. The van der Waals surface area contributed by atoms with Crippen LogP contribution in [-0.4, -0.2) is 26.6 Å². The molecular weight excluding hydrogens is 216 g/mol. The smallest absolute Gasteiger partial charge is 0.192 e. The zero-order valence-electron chi connectivity index (χ0n) is 11.6. The monoisotopic (exact) mass is 244 g/mol. The minimum Gasteiger partial charge on any atom is -0.412 e. The normalized spacial score (nSPS) is 24.2. The van der Waals surface area contributed by atoms with Crippen LogP contribution in [0.5, 0.6) is 0 Å². The summed E-state index contributed by atoms with van der Waals surface area (Å²) in [5.41, 5.74) is 0.0510. The third-order valence-electron chi connectivity index (χ3n) is 4.21. The summed E-state index contributed by atoms with van der Waals surface area (Å²) in [5.74, 6) is 0.